The maximum atomic E-state index is 12.9. The number of nitrogens with one attached hydrogen (secondary N) is 1. The molecule has 0 radical (unpaired) electrons. The van der Waals surface area contributed by atoms with E-state index in [0.717, 1.165) is 29.8 Å². The van der Waals surface area contributed by atoms with Gasteiger partial charge in [-0.2, -0.15) is 0 Å². The summed E-state index contributed by atoms with van der Waals surface area (Å²) in [5.41, 5.74) is 1.58. The van der Waals surface area contributed by atoms with E-state index in [1.54, 1.807) is 4.90 Å². The molecule has 1 aliphatic heterocycles. The van der Waals surface area contributed by atoms with E-state index in [1.165, 1.54) is 12.8 Å². The van der Waals surface area contributed by atoms with Gasteiger partial charge in [-0.15, -0.1) is 0 Å². The molecule has 2 aromatic rings. The fourth-order valence-corrected chi connectivity index (χ4v) is 4.20. The molecular formula is C24H30N2O4. The number of hydrogen-bond acceptors (Lipinski definition) is 4. The average Bonchev–Trinajstić information content (AvgIpc) is 3.29. The lowest BCUT2D eigenvalue weighted by Crippen LogP contribution is -2.50. The Kier molecular flexibility index (Phi) is 6.87. The lowest BCUT2D eigenvalue weighted by atomic mass is 10.0. The first-order chi connectivity index (χ1) is 14.7. The number of amides is 2. The number of rotatable bonds is 6. The average molecular weight is 411 g/mol. The maximum Gasteiger partial charge on any atom is 0.322 e. The summed E-state index contributed by atoms with van der Waals surface area (Å²) in [6, 6.07) is 16.7. The molecule has 6 heteroatoms. The highest BCUT2D eigenvalue weighted by Gasteiger charge is 2.29. The Morgan fingerprint density at radius 1 is 1.13 bits per heavy atom. The zero-order chi connectivity index (χ0) is 20.8. The Morgan fingerprint density at radius 2 is 1.87 bits per heavy atom. The van der Waals surface area contributed by atoms with E-state index in [2.05, 4.69) is 5.32 Å². The third-order valence-corrected chi connectivity index (χ3v) is 5.88. The van der Waals surface area contributed by atoms with E-state index in [-0.39, 0.29) is 12.1 Å². The lowest BCUT2D eigenvalue weighted by molar-refractivity contribution is -0.00428. The van der Waals surface area contributed by atoms with E-state index in [0.29, 0.717) is 32.3 Å². The Morgan fingerprint density at radius 3 is 2.60 bits per heavy atom. The Labute approximate surface area is 177 Å². The molecule has 2 aromatic carbocycles. The van der Waals surface area contributed by atoms with Gasteiger partial charge in [0.05, 0.1) is 31.5 Å². The van der Waals surface area contributed by atoms with Crippen LogP contribution in [0.1, 0.15) is 43.8 Å². The summed E-state index contributed by atoms with van der Waals surface area (Å²) in [5.74, 6) is 0.843. The number of morpholine rings is 1. The van der Waals surface area contributed by atoms with Crippen molar-refractivity contribution in [2.24, 2.45) is 0 Å². The van der Waals surface area contributed by atoms with Crippen LogP contribution in [0, 0.1) is 0 Å². The number of hydrogen-bond donors (Lipinski definition) is 2. The maximum absolute atomic E-state index is 12.9. The van der Waals surface area contributed by atoms with Crippen LogP contribution in [0.4, 0.5) is 10.5 Å². The van der Waals surface area contributed by atoms with Crippen LogP contribution in [-0.2, 0) is 4.74 Å². The van der Waals surface area contributed by atoms with Crippen molar-refractivity contribution < 1.29 is 19.4 Å². The fraction of sp³-hybridized carbons (Fsp3) is 0.458. The number of nitrogens with zero attached hydrogens (tertiary/aromatic N) is 1. The van der Waals surface area contributed by atoms with Crippen LogP contribution in [0.15, 0.2) is 54.6 Å². The van der Waals surface area contributed by atoms with E-state index < -0.39 is 6.10 Å². The second kappa shape index (κ2) is 9.96. The van der Waals surface area contributed by atoms with Crippen LogP contribution in [0.3, 0.4) is 0 Å². The summed E-state index contributed by atoms with van der Waals surface area (Å²) >= 11 is 0. The molecule has 1 saturated carbocycles. The molecule has 0 aromatic heterocycles. The highest BCUT2D eigenvalue weighted by Crippen LogP contribution is 2.26. The van der Waals surface area contributed by atoms with E-state index in [1.807, 2.05) is 54.6 Å². The summed E-state index contributed by atoms with van der Waals surface area (Å²) in [6.45, 7) is 1.42. The smallest absolute Gasteiger partial charge is 0.322 e. The van der Waals surface area contributed by atoms with Crippen LogP contribution in [0.5, 0.6) is 5.75 Å². The van der Waals surface area contributed by atoms with Gasteiger partial charge in [0.2, 0.25) is 0 Å². The number of benzene rings is 2. The van der Waals surface area contributed by atoms with Gasteiger partial charge in [-0.1, -0.05) is 30.3 Å². The number of ether oxygens (including phenoxy) is 2. The molecule has 2 N–H and O–H groups in total. The summed E-state index contributed by atoms with van der Waals surface area (Å²) in [4.78, 5) is 14.7. The van der Waals surface area contributed by atoms with Crippen molar-refractivity contribution in [1.82, 2.24) is 4.90 Å². The van der Waals surface area contributed by atoms with Crippen molar-refractivity contribution in [1.29, 1.82) is 0 Å². The molecule has 1 heterocycles. The molecule has 2 aliphatic rings. The van der Waals surface area contributed by atoms with Gasteiger partial charge in [-0.3, -0.25) is 0 Å². The molecule has 0 unspecified atom stereocenters. The standard InChI is InChI=1S/C24H30N2O4/c27-23(18-6-2-1-3-7-18)16-20-17-29-15-14-26(20)24(28)25-19-10-12-22(13-11-19)30-21-8-4-5-9-21/h1-3,6-7,10-13,20-21,23,27H,4-5,8-9,14-17H2,(H,25,28)/t20-,23+/m0/s1. The van der Waals surface area contributed by atoms with Gasteiger partial charge >= 0.3 is 6.03 Å². The zero-order valence-electron chi connectivity index (χ0n) is 17.2. The van der Waals surface area contributed by atoms with E-state index in [4.69, 9.17) is 9.47 Å². The van der Waals surface area contributed by atoms with Gasteiger partial charge in [-0.25, -0.2) is 4.79 Å². The van der Waals surface area contributed by atoms with Gasteiger partial charge in [0.1, 0.15) is 5.75 Å². The van der Waals surface area contributed by atoms with Gasteiger partial charge in [0.25, 0.3) is 0 Å². The van der Waals surface area contributed by atoms with Crippen molar-refractivity contribution >= 4 is 11.7 Å². The van der Waals surface area contributed by atoms with Crippen LogP contribution >= 0.6 is 0 Å². The Hall–Kier alpha value is -2.57. The molecule has 160 valence electrons. The number of aliphatic hydroxyl groups excluding tert-OH is 1. The molecule has 0 bridgehead atoms. The number of urea groups is 1. The van der Waals surface area contributed by atoms with Crippen LogP contribution in [-0.4, -0.2) is 47.9 Å². The Balaban J connectivity index is 1.34. The molecule has 1 saturated heterocycles. The minimum Gasteiger partial charge on any atom is -0.490 e. The van der Waals surface area contributed by atoms with Crippen molar-refractivity contribution in [2.45, 2.75) is 50.4 Å². The molecular weight excluding hydrogens is 380 g/mol. The molecule has 4 rings (SSSR count). The first-order valence-corrected chi connectivity index (χ1v) is 10.8. The topological polar surface area (TPSA) is 71.0 Å². The number of carbonyl (C=O) groups is 1. The molecule has 30 heavy (non-hydrogen) atoms. The SMILES string of the molecule is O=C(Nc1ccc(OC2CCCC2)cc1)N1CCOC[C@@H]1C[C@@H](O)c1ccccc1. The summed E-state index contributed by atoms with van der Waals surface area (Å²) in [6.07, 6.45) is 4.82. The highest BCUT2D eigenvalue weighted by atomic mass is 16.5. The minimum atomic E-state index is -0.639. The van der Waals surface area contributed by atoms with Crippen molar-refractivity contribution in [2.75, 3.05) is 25.1 Å². The second-order valence-electron chi connectivity index (χ2n) is 8.06. The minimum absolute atomic E-state index is 0.173. The van der Waals surface area contributed by atoms with Gasteiger partial charge < -0.3 is 24.8 Å². The Bertz CT molecular complexity index is 806. The lowest BCUT2D eigenvalue weighted by Gasteiger charge is -2.36. The fourth-order valence-electron chi connectivity index (χ4n) is 4.20. The van der Waals surface area contributed by atoms with E-state index in [9.17, 15) is 9.90 Å². The van der Waals surface area contributed by atoms with Crippen LogP contribution in [0.2, 0.25) is 0 Å². The summed E-state index contributed by atoms with van der Waals surface area (Å²) in [7, 11) is 0. The van der Waals surface area contributed by atoms with Crippen molar-refractivity contribution in [3.63, 3.8) is 0 Å². The van der Waals surface area contributed by atoms with Gasteiger partial charge in [0.15, 0.2) is 0 Å². The third kappa shape index (κ3) is 5.32. The molecule has 2 fully saturated rings. The number of aliphatic hydroxyl groups is 1. The molecule has 6 nitrogen and oxygen atoms in total. The highest BCUT2D eigenvalue weighted by molar-refractivity contribution is 5.89. The normalized spacial score (nSPS) is 20.7. The quantitative estimate of drug-likeness (QED) is 0.742. The first kappa shape index (κ1) is 20.7. The largest absolute Gasteiger partial charge is 0.490 e. The predicted molar refractivity (Wildman–Crippen MR) is 116 cm³/mol. The summed E-state index contributed by atoms with van der Waals surface area (Å²) < 4.78 is 11.6. The number of carbonyl (C=O) groups excluding carboxylic acids is 1. The molecule has 2 atom stereocenters. The van der Waals surface area contributed by atoms with Crippen molar-refractivity contribution in [3.8, 4) is 5.75 Å². The van der Waals surface area contributed by atoms with Crippen molar-refractivity contribution in [3.05, 3.63) is 60.2 Å². The molecule has 1 aliphatic carbocycles. The number of anilines is 1. The van der Waals surface area contributed by atoms with Crippen LogP contribution < -0.4 is 10.1 Å². The molecule has 0 spiro atoms. The zero-order valence-corrected chi connectivity index (χ0v) is 17.2. The monoisotopic (exact) mass is 410 g/mol. The first-order valence-electron chi connectivity index (χ1n) is 10.8. The van der Waals surface area contributed by atoms with Crippen LogP contribution in [0.25, 0.3) is 0 Å². The van der Waals surface area contributed by atoms with E-state index >= 15 is 0 Å². The summed E-state index contributed by atoms with van der Waals surface area (Å²) in [5, 5.41) is 13.6. The van der Waals surface area contributed by atoms with Gasteiger partial charge in [-0.05, 0) is 55.5 Å². The molecule has 2 amide bonds. The predicted octanol–water partition coefficient (Wildman–Crippen LogP) is 4.36. The third-order valence-electron chi connectivity index (χ3n) is 5.88. The second-order valence-corrected chi connectivity index (χ2v) is 8.06. The van der Waals surface area contributed by atoms with Gasteiger partial charge in [0, 0.05) is 18.7 Å².